The van der Waals surface area contributed by atoms with Crippen LogP contribution in [0, 0.1) is 0 Å². The fourth-order valence-corrected chi connectivity index (χ4v) is 3.85. The van der Waals surface area contributed by atoms with Crippen LogP contribution in [0.25, 0.3) is 38.4 Å². The van der Waals surface area contributed by atoms with Gasteiger partial charge >= 0.3 is 0 Å². The Kier molecular flexibility index (Phi) is 2.11. The summed E-state index contributed by atoms with van der Waals surface area (Å²) in [4.78, 5) is 0. The van der Waals surface area contributed by atoms with Gasteiger partial charge in [0.1, 0.15) is 0 Å². The van der Waals surface area contributed by atoms with Crippen molar-refractivity contribution >= 4 is 38.4 Å². The first kappa shape index (κ1) is 11.9. The van der Waals surface area contributed by atoms with Gasteiger partial charge in [0.2, 0.25) is 0 Å². The van der Waals surface area contributed by atoms with Gasteiger partial charge in [-0.05, 0) is 57.6 Å². The van der Waals surface area contributed by atoms with Crippen LogP contribution < -0.4 is 0 Å². The number of fused-ring (bicyclic) bond motifs is 2. The molecule has 0 atom stereocenters. The normalized spacial score (nSPS) is 14.2. The van der Waals surface area contributed by atoms with Crippen molar-refractivity contribution in [2.24, 2.45) is 0 Å². The van der Waals surface area contributed by atoms with Gasteiger partial charge in [-0.15, -0.1) is 0 Å². The lowest BCUT2D eigenvalue weighted by molar-refractivity contribution is 0.408. The van der Waals surface area contributed by atoms with Gasteiger partial charge in [-0.1, -0.05) is 36.4 Å². The Morgan fingerprint density at radius 1 is 0.818 bits per heavy atom. The number of hydrogen-bond acceptors (Lipinski definition) is 2. The lowest BCUT2D eigenvalue weighted by Crippen LogP contribution is -1.96. The predicted molar refractivity (Wildman–Crippen MR) is 90.8 cm³/mol. The second-order valence-electron chi connectivity index (χ2n) is 6.06. The van der Waals surface area contributed by atoms with Crippen molar-refractivity contribution in [2.45, 2.75) is 12.8 Å². The van der Waals surface area contributed by atoms with Gasteiger partial charge in [0, 0.05) is 10.8 Å². The van der Waals surface area contributed by atoms with Crippen LogP contribution >= 0.6 is 0 Å². The first-order valence-corrected chi connectivity index (χ1v) is 7.56. The molecular formula is C20H14O2. The van der Waals surface area contributed by atoms with Crippen molar-refractivity contribution in [1.82, 2.24) is 0 Å². The number of benzene rings is 4. The van der Waals surface area contributed by atoms with Crippen molar-refractivity contribution in [3.63, 3.8) is 0 Å². The summed E-state index contributed by atoms with van der Waals surface area (Å²) >= 11 is 0. The third kappa shape index (κ3) is 1.34. The lowest BCUT2D eigenvalue weighted by atomic mass is 9.86. The van der Waals surface area contributed by atoms with Crippen molar-refractivity contribution in [3.05, 3.63) is 53.6 Å². The number of rotatable bonds is 0. The number of hydrogen-bond donors (Lipinski definition) is 2. The van der Waals surface area contributed by atoms with Crippen LogP contribution in [-0.2, 0) is 6.42 Å². The van der Waals surface area contributed by atoms with Crippen LogP contribution in [0.1, 0.15) is 17.5 Å². The molecule has 0 amide bonds. The summed E-state index contributed by atoms with van der Waals surface area (Å²) in [5, 5.41) is 26.4. The zero-order valence-electron chi connectivity index (χ0n) is 11.9. The highest BCUT2D eigenvalue weighted by atomic mass is 16.3. The maximum absolute atomic E-state index is 10.2. The topological polar surface area (TPSA) is 40.5 Å². The molecule has 4 aromatic carbocycles. The zero-order valence-corrected chi connectivity index (χ0v) is 11.9. The average Bonchev–Trinajstić information content (AvgIpc) is 2.55. The number of allylic oxidation sites excluding steroid dienone is 1. The summed E-state index contributed by atoms with van der Waals surface area (Å²) in [5.74, 6) is -0.0945. The molecule has 5 rings (SSSR count). The van der Waals surface area contributed by atoms with Crippen LogP contribution in [0.2, 0.25) is 0 Å². The molecular weight excluding hydrogens is 272 g/mol. The van der Waals surface area contributed by atoms with Crippen molar-refractivity contribution in [3.8, 4) is 11.5 Å². The lowest BCUT2D eigenvalue weighted by Gasteiger charge is -2.18. The van der Waals surface area contributed by atoms with Crippen molar-refractivity contribution in [2.75, 3.05) is 0 Å². The minimum absolute atomic E-state index is 0.0323. The summed E-state index contributed by atoms with van der Waals surface area (Å²) in [6.45, 7) is 0. The molecule has 0 bridgehead atoms. The molecule has 106 valence electrons. The third-order valence-electron chi connectivity index (χ3n) is 4.85. The van der Waals surface area contributed by atoms with Gasteiger partial charge in [-0.2, -0.15) is 0 Å². The molecule has 0 fully saturated rings. The van der Waals surface area contributed by atoms with Crippen LogP contribution in [0.15, 0.2) is 42.5 Å². The van der Waals surface area contributed by atoms with E-state index in [2.05, 4.69) is 30.4 Å². The van der Waals surface area contributed by atoms with E-state index in [4.69, 9.17) is 0 Å². The second kappa shape index (κ2) is 3.92. The Morgan fingerprint density at radius 2 is 1.55 bits per heavy atom. The molecule has 0 unspecified atom stereocenters. The van der Waals surface area contributed by atoms with E-state index in [1.165, 1.54) is 27.3 Å². The molecule has 22 heavy (non-hydrogen) atoms. The minimum Gasteiger partial charge on any atom is -0.504 e. The maximum atomic E-state index is 10.2. The number of phenolic OH excluding ortho intramolecular Hbond substituents is 2. The first-order valence-electron chi connectivity index (χ1n) is 7.56. The van der Waals surface area contributed by atoms with Gasteiger partial charge in [0.05, 0.1) is 0 Å². The Bertz CT molecular complexity index is 1090. The SMILES string of the molecule is Oc1cc2ccc3cc4c(c5ccc(c1O)c2c35)C=CCC4. The van der Waals surface area contributed by atoms with Gasteiger partial charge in [0.15, 0.2) is 11.5 Å². The van der Waals surface area contributed by atoms with Crippen LogP contribution in [0.3, 0.4) is 0 Å². The molecule has 2 nitrogen and oxygen atoms in total. The van der Waals surface area contributed by atoms with Gasteiger partial charge in [0.25, 0.3) is 0 Å². The highest BCUT2D eigenvalue weighted by Crippen LogP contribution is 2.44. The maximum Gasteiger partial charge on any atom is 0.165 e. The quantitative estimate of drug-likeness (QED) is 0.354. The number of aromatic hydroxyl groups is 2. The van der Waals surface area contributed by atoms with E-state index in [-0.39, 0.29) is 11.5 Å². The number of phenols is 2. The third-order valence-corrected chi connectivity index (χ3v) is 4.85. The monoisotopic (exact) mass is 286 g/mol. The highest BCUT2D eigenvalue weighted by molar-refractivity contribution is 6.26. The van der Waals surface area contributed by atoms with E-state index in [0.29, 0.717) is 5.39 Å². The minimum atomic E-state index is -0.0622. The smallest absolute Gasteiger partial charge is 0.165 e. The van der Waals surface area contributed by atoms with E-state index in [1.807, 2.05) is 12.1 Å². The molecule has 0 saturated heterocycles. The Labute approximate surface area is 127 Å². The van der Waals surface area contributed by atoms with Crippen LogP contribution in [0.5, 0.6) is 11.5 Å². The van der Waals surface area contributed by atoms with E-state index in [1.54, 1.807) is 6.07 Å². The molecule has 2 N–H and O–H groups in total. The molecule has 2 heteroatoms. The van der Waals surface area contributed by atoms with Crippen LogP contribution in [-0.4, -0.2) is 10.2 Å². The standard InChI is InChI=1S/C20H14O2/c21-17-10-13-6-5-12-9-11-3-1-2-4-14(11)15-7-8-16(20(17)22)19(13)18(12)15/h2,4-10,21-22H,1,3H2. The summed E-state index contributed by atoms with van der Waals surface area (Å²) < 4.78 is 0. The summed E-state index contributed by atoms with van der Waals surface area (Å²) in [6, 6.07) is 12.0. The van der Waals surface area contributed by atoms with Gasteiger partial charge in [-0.3, -0.25) is 0 Å². The van der Waals surface area contributed by atoms with E-state index < -0.39 is 0 Å². The fourth-order valence-electron chi connectivity index (χ4n) is 3.85. The Hall–Kier alpha value is -2.74. The fraction of sp³-hybridized carbons (Fsp3) is 0.100. The van der Waals surface area contributed by atoms with E-state index >= 15 is 0 Å². The Balaban J connectivity index is 2.11. The van der Waals surface area contributed by atoms with E-state index in [0.717, 1.165) is 23.6 Å². The average molecular weight is 286 g/mol. The van der Waals surface area contributed by atoms with Gasteiger partial charge < -0.3 is 10.2 Å². The van der Waals surface area contributed by atoms with Crippen molar-refractivity contribution in [1.29, 1.82) is 0 Å². The molecule has 0 aliphatic heterocycles. The molecule has 0 spiro atoms. The molecule has 1 aliphatic carbocycles. The Morgan fingerprint density at radius 3 is 2.41 bits per heavy atom. The molecule has 0 heterocycles. The molecule has 1 aliphatic rings. The number of aryl methyl sites for hydroxylation is 1. The summed E-state index contributed by atoms with van der Waals surface area (Å²) in [6.07, 6.45) is 6.61. The molecule has 0 aromatic heterocycles. The van der Waals surface area contributed by atoms with Gasteiger partial charge in [-0.25, -0.2) is 0 Å². The largest absolute Gasteiger partial charge is 0.504 e. The molecule has 0 saturated carbocycles. The second-order valence-corrected chi connectivity index (χ2v) is 6.06. The summed E-state index contributed by atoms with van der Waals surface area (Å²) in [7, 11) is 0. The predicted octanol–water partition coefficient (Wildman–Crippen LogP) is 4.95. The zero-order chi connectivity index (χ0) is 14.8. The highest BCUT2D eigenvalue weighted by Gasteiger charge is 2.17. The molecule has 0 radical (unpaired) electrons. The summed E-state index contributed by atoms with van der Waals surface area (Å²) in [5.41, 5.74) is 2.68. The van der Waals surface area contributed by atoms with Crippen LogP contribution in [0.4, 0.5) is 0 Å². The molecule has 4 aromatic rings. The van der Waals surface area contributed by atoms with E-state index in [9.17, 15) is 10.2 Å². The first-order chi connectivity index (χ1) is 10.7. The van der Waals surface area contributed by atoms with Crippen molar-refractivity contribution < 1.29 is 10.2 Å².